The SMILES string of the molecule is c1ccc(N(c2ccc3c(c2)c2cc(N(c4ccccc4)c4cccc5ccccc45)ccc2c2nccnc32)c2cccc3ccccc23)cc1. The number of aromatic nitrogens is 2. The average molecular weight is 665 g/mol. The van der Waals surface area contributed by atoms with Crippen molar-refractivity contribution in [3.8, 4) is 0 Å². The lowest BCUT2D eigenvalue weighted by Crippen LogP contribution is -2.11. The zero-order valence-electron chi connectivity index (χ0n) is 28.3. The summed E-state index contributed by atoms with van der Waals surface area (Å²) in [6.07, 6.45) is 3.58. The molecule has 244 valence electrons. The first-order valence-electron chi connectivity index (χ1n) is 17.6. The Morgan fingerprint density at radius 1 is 0.288 bits per heavy atom. The van der Waals surface area contributed by atoms with Crippen molar-refractivity contribution >= 4 is 88.2 Å². The molecule has 0 spiro atoms. The van der Waals surface area contributed by atoms with Crippen LogP contribution in [0.5, 0.6) is 0 Å². The van der Waals surface area contributed by atoms with Crippen LogP contribution in [0.2, 0.25) is 0 Å². The molecule has 10 rings (SSSR count). The number of nitrogens with zero attached hydrogens (tertiary/aromatic N) is 4. The van der Waals surface area contributed by atoms with Gasteiger partial charge in [0.15, 0.2) is 0 Å². The van der Waals surface area contributed by atoms with E-state index in [9.17, 15) is 0 Å². The molecule has 4 nitrogen and oxygen atoms in total. The van der Waals surface area contributed by atoms with Gasteiger partial charge in [-0.05, 0) is 82.2 Å². The first kappa shape index (κ1) is 29.8. The normalized spacial score (nSPS) is 11.5. The Morgan fingerprint density at radius 2 is 0.692 bits per heavy atom. The molecule has 0 unspecified atom stereocenters. The molecule has 0 saturated heterocycles. The van der Waals surface area contributed by atoms with Crippen LogP contribution >= 0.6 is 0 Å². The Kier molecular flexibility index (Phi) is 7.10. The number of rotatable bonds is 6. The molecule has 1 aromatic heterocycles. The van der Waals surface area contributed by atoms with E-state index in [1.165, 1.54) is 21.5 Å². The van der Waals surface area contributed by atoms with Crippen LogP contribution in [0.3, 0.4) is 0 Å². The molecule has 0 aliphatic heterocycles. The van der Waals surface area contributed by atoms with Gasteiger partial charge in [0.1, 0.15) is 0 Å². The van der Waals surface area contributed by atoms with Gasteiger partial charge in [-0.1, -0.05) is 121 Å². The highest BCUT2D eigenvalue weighted by Gasteiger charge is 2.20. The third kappa shape index (κ3) is 4.92. The second-order valence-electron chi connectivity index (χ2n) is 13.1. The molecule has 0 N–H and O–H groups in total. The highest BCUT2D eigenvalue weighted by atomic mass is 15.1. The topological polar surface area (TPSA) is 32.3 Å². The van der Waals surface area contributed by atoms with Crippen molar-refractivity contribution in [2.75, 3.05) is 9.80 Å². The van der Waals surface area contributed by atoms with Crippen LogP contribution < -0.4 is 9.80 Å². The highest BCUT2D eigenvalue weighted by Crippen LogP contribution is 2.45. The first-order valence-corrected chi connectivity index (χ1v) is 17.6. The van der Waals surface area contributed by atoms with E-state index >= 15 is 0 Å². The van der Waals surface area contributed by atoms with Gasteiger partial charge in [-0.15, -0.1) is 0 Å². The molecule has 0 saturated carbocycles. The zero-order chi connectivity index (χ0) is 34.4. The first-order chi connectivity index (χ1) is 25.8. The molecule has 1 heterocycles. The van der Waals surface area contributed by atoms with Crippen molar-refractivity contribution in [1.82, 2.24) is 9.97 Å². The van der Waals surface area contributed by atoms with Gasteiger partial charge in [-0.3, -0.25) is 9.97 Å². The van der Waals surface area contributed by atoms with Crippen LogP contribution in [0.15, 0.2) is 194 Å². The van der Waals surface area contributed by atoms with Crippen molar-refractivity contribution in [3.63, 3.8) is 0 Å². The second kappa shape index (κ2) is 12.4. The summed E-state index contributed by atoms with van der Waals surface area (Å²) >= 11 is 0. The molecule has 0 atom stereocenters. The van der Waals surface area contributed by atoms with Crippen LogP contribution in [0.1, 0.15) is 0 Å². The predicted octanol–water partition coefficient (Wildman–Crippen LogP) is 13.2. The van der Waals surface area contributed by atoms with Gasteiger partial charge in [-0.2, -0.15) is 0 Å². The van der Waals surface area contributed by atoms with Gasteiger partial charge in [-0.25, -0.2) is 0 Å². The van der Waals surface area contributed by atoms with E-state index in [-0.39, 0.29) is 0 Å². The van der Waals surface area contributed by atoms with E-state index in [0.717, 1.165) is 66.7 Å². The van der Waals surface area contributed by atoms with E-state index in [1.807, 2.05) is 0 Å². The van der Waals surface area contributed by atoms with Gasteiger partial charge in [0.05, 0.1) is 22.4 Å². The van der Waals surface area contributed by atoms with Crippen LogP contribution in [0.4, 0.5) is 34.1 Å². The second-order valence-corrected chi connectivity index (χ2v) is 13.1. The maximum absolute atomic E-state index is 4.89. The van der Waals surface area contributed by atoms with Gasteiger partial charge in [0.2, 0.25) is 0 Å². The molecular formula is C48H32N4. The quantitative estimate of drug-likeness (QED) is 0.166. The van der Waals surface area contributed by atoms with E-state index in [4.69, 9.17) is 9.97 Å². The molecule has 0 aliphatic carbocycles. The fourth-order valence-electron chi connectivity index (χ4n) is 7.75. The number of benzene rings is 9. The smallest absolute Gasteiger partial charge is 0.0971 e. The van der Waals surface area contributed by atoms with Crippen LogP contribution in [0, 0.1) is 0 Å². The Balaban J connectivity index is 1.26. The summed E-state index contributed by atoms with van der Waals surface area (Å²) in [6, 6.07) is 65.0. The van der Waals surface area contributed by atoms with Gasteiger partial charge in [0.25, 0.3) is 0 Å². The Hall–Kier alpha value is -7.04. The third-order valence-electron chi connectivity index (χ3n) is 10.1. The summed E-state index contributed by atoms with van der Waals surface area (Å²) < 4.78 is 0. The molecule has 0 radical (unpaired) electrons. The van der Waals surface area contributed by atoms with E-state index in [1.54, 1.807) is 12.4 Å². The molecule has 0 amide bonds. The van der Waals surface area contributed by atoms with Crippen molar-refractivity contribution in [2.45, 2.75) is 0 Å². The fourth-order valence-corrected chi connectivity index (χ4v) is 7.75. The Labute approximate surface area is 301 Å². The minimum absolute atomic E-state index is 0.898. The standard InChI is InChI=1S/C48H32N4/c1-3-17-35(18-4-1)51(45-23-11-15-33-13-7-9-21-39(33)45)37-25-27-41-43(31-37)44-32-38(26-28-42(44)48-47(41)49-29-30-50-48)52(36-19-5-2-6-20-36)46-24-12-16-34-14-8-10-22-40(34)46/h1-32H. The van der Waals surface area contributed by atoms with Gasteiger partial charge < -0.3 is 9.80 Å². The molecule has 0 fully saturated rings. The summed E-state index contributed by atoms with van der Waals surface area (Å²) in [7, 11) is 0. The minimum atomic E-state index is 0.898. The Morgan fingerprint density at radius 3 is 1.15 bits per heavy atom. The number of hydrogen-bond donors (Lipinski definition) is 0. The van der Waals surface area contributed by atoms with Crippen molar-refractivity contribution in [2.24, 2.45) is 0 Å². The number of anilines is 6. The van der Waals surface area contributed by atoms with E-state index in [2.05, 4.69) is 192 Å². The van der Waals surface area contributed by atoms with Crippen LogP contribution in [-0.4, -0.2) is 9.97 Å². The summed E-state index contributed by atoms with van der Waals surface area (Å²) in [4.78, 5) is 14.5. The molecule has 0 bridgehead atoms. The van der Waals surface area contributed by atoms with Crippen LogP contribution in [-0.2, 0) is 0 Å². The van der Waals surface area contributed by atoms with Gasteiger partial charge >= 0.3 is 0 Å². The molecule has 52 heavy (non-hydrogen) atoms. The monoisotopic (exact) mass is 664 g/mol. The van der Waals surface area contributed by atoms with Crippen LogP contribution in [0.25, 0.3) is 54.1 Å². The minimum Gasteiger partial charge on any atom is -0.310 e. The predicted molar refractivity (Wildman–Crippen MR) is 219 cm³/mol. The van der Waals surface area contributed by atoms with Crippen molar-refractivity contribution in [3.05, 3.63) is 194 Å². The van der Waals surface area contributed by atoms with E-state index in [0.29, 0.717) is 0 Å². The zero-order valence-corrected chi connectivity index (χ0v) is 28.3. The average Bonchev–Trinajstić information content (AvgIpc) is 3.22. The maximum Gasteiger partial charge on any atom is 0.0971 e. The number of hydrogen-bond acceptors (Lipinski definition) is 4. The van der Waals surface area contributed by atoms with Crippen molar-refractivity contribution in [1.29, 1.82) is 0 Å². The molecular weight excluding hydrogens is 633 g/mol. The summed E-state index contributed by atoms with van der Waals surface area (Å²) in [5.74, 6) is 0. The summed E-state index contributed by atoms with van der Waals surface area (Å²) in [6.45, 7) is 0. The largest absolute Gasteiger partial charge is 0.310 e. The van der Waals surface area contributed by atoms with Crippen molar-refractivity contribution < 1.29 is 0 Å². The maximum atomic E-state index is 4.89. The lowest BCUT2D eigenvalue weighted by molar-refractivity contribution is 1.29. The highest BCUT2D eigenvalue weighted by molar-refractivity contribution is 6.24. The summed E-state index contributed by atoms with van der Waals surface area (Å²) in [5.41, 5.74) is 8.37. The number of fused-ring (bicyclic) bond motifs is 8. The third-order valence-corrected chi connectivity index (χ3v) is 10.1. The molecule has 4 heteroatoms. The van der Waals surface area contributed by atoms with E-state index < -0.39 is 0 Å². The lowest BCUT2D eigenvalue weighted by Gasteiger charge is -2.28. The lowest BCUT2D eigenvalue weighted by atomic mass is 9.97. The Bertz CT molecular complexity index is 2710. The van der Waals surface area contributed by atoms with Gasteiger partial charge in [0, 0.05) is 56.7 Å². The fraction of sp³-hybridized carbons (Fsp3) is 0. The molecule has 0 aliphatic rings. The number of para-hydroxylation sites is 2. The summed E-state index contributed by atoms with van der Waals surface area (Å²) in [5, 5.41) is 9.17. The molecule has 9 aromatic carbocycles. The molecule has 10 aromatic rings.